The van der Waals surface area contributed by atoms with Gasteiger partial charge in [-0.15, -0.1) is 0 Å². The van der Waals surface area contributed by atoms with Gasteiger partial charge in [0.1, 0.15) is 18.1 Å². The van der Waals surface area contributed by atoms with Gasteiger partial charge in [0.05, 0.1) is 38.7 Å². The van der Waals surface area contributed by atoms with Crippen LogP contribution in [-0.4, -0.2) is 72.5 Å². The molecule has 4 heterocycles. The van der Waals surface area contributed by atoms with Crippen molar-refractivity contribution in [2.24, 2.45) is 0 Å². The third kappa shape index (κ3) is 6.74. The summed E-state index contributed by atoms with van der Waals surface area (Å²) in [6.07, 6.45) is 4.48. The molecule has 0 radical (unpaired) electrons. The Morgan fingerprint density at radius 3 is 2.71 bits per heavy atom. The van der Waals surface area contributed by atoms with Crippen LogP contribution in [0, 0.1) is 6.92 Å². The molecule has 3 amide bonds. The average molecular weight is 560 g/mol. The number of methoxy groups -OCH3 is 1. The van der Waals surface area contributed by atoms with Gasteiger partial charge in [-0.1, -0.05) is 12.1 Å². The van der Waals surface area contributed by atoms with E-state index in [-0.39, 0.29) is 49.0 Å². The predicted molar refractivity (Wildman–Crippen MR) is 150 cm³/mol. The third-order valence-electron chi connectivity index (χ3n) is 7.05. The van der Waals surface area contributed by atoms with Gasteiger partial charge < -0.3 is 29.7 Å². The summed E-state index contributed by atoms with van der Waals surface area (Å²) in [5.41, 5.74) is 3.50. The Balaban J connectivity index is 1.39. The van der Waals surface area contributed by atoms with Crippen molar-refractivity contribution in [1.82, 2.24) is 20.2 Å². The molecule has 3 aromatic rings. The first-order valence-corrected chi connectivity index (χ1v) is 13.6. The van der Waals surface area contributed by atoms with E-state index < -0.39 is 0 Å². The smallest absolute Gasteiger partial charge is 0.274 e. The van der Waals surface area contributed by atoms with E-state index in [9.17, 15) is 14.4 Å². The van der Waals surface area contributed by atoms with Gasteiger partial charge in [-0.2, -0.15) is 0 Å². The van der Waals surface area contributed by atoms with Crippen LogP contribution in [0.3, 0.4) is 0 Å². The molecule has 0 saturated carbocycles. The van der Waals surface area contributed by atoms with Crippen molar-refractivity contribution in [2.45, 2.75) is 32.1 Å². The Bertz CT molecular complexity index is 1430. The van der Waals surface area contributed by atoms with Gasteiger partial charge in [0.25, 0.3) is 5.91 Å². The van der Waals surface area contributed by atoms with E-state index in [4.69, 9.17) is 14.2 Å². The van der Waals surface area contributed by atoms with Crippen molar-refractivity contribution in [1.29, 1.82) is 0 Å². The maximum Gasteiger partial charge on any atom is 0.274 e. The van der Waals surface area contributed by atoms with Crippen molar-refractivity contribution in [3.8, 4) is 17.2 Å². The zero-order chi connectivity index (χ0) is 28.8. The van der Waals surface area contributed by atoms with Crippen LogP contribution in [0.25, 0.3) is 0 Å². The largest absolute Gasteiger partial charge is 0.493 e. The van der Waals surface area contributed by atoms with E-state index in [1.807, 2.05) is 30.3 Å². The molecule has 11 heteroatoms. The van der Waals surface area contributed by atoms with Gasteiger partial charge in [0.2, 0.25) is 11.8 Å². The summed E-state index contributed by atoms with van der Waals surface area (Å²) in [4.78, 5) is 48.4. The first-order chi connectivity index (χ1) is 19.9. The van der Waals surface area contributed by atoms with E-state index in [0.717, 1.165) is 11.1 Å². The van der Waals surface area contributed by atoms with Gasteiger partial charge in [0.15, 0.2) is 11.5 Å². The molecule has 11 nitrogen and oxygen atoms in total. The number of rotatable bonds is 2. The molecule has 0 spiro atoms. The number of carbonyl (C=O) groups excluding carboxylic acids is 3. The van der Waals surface area contributed by atoms with Crippen molar-refractivity contribution in [2.75, 3.05) is 45.3 Å². The quantitative estimate of drug-likeness (QED) is 0.458. The highest BCUT2D eigenvalue weighted by Crippen LogP contribution is 2.41. The van der Waals surface area contributed by atoms with Gasteiger partial charge in [0, 0.05) is 36.8 Å². The first kappa shape index (κ1) is 27.9. The van der Waals surface area contributed by atoms with Crippen LogP contribution in [0.2, 0.25) is 0 Å². The van der Waals surface area contributed by atoms with Crippen LogP contribution in [0.1, 0.15) is 52.5 Å². The summed E-state index contributed by atoms with van der Waals surface area (Å²) in [6, 6.07) is 11.3. The molecule has 0 aliphatic carbocycles. The Kier molecular flexibility index (Phi) is 8.61. The molecular weight excluding hydrogens is 526 g/mol. The van der Waals surface area contributed by atoms with Crippen LogP contribution in [-0.2, 0) is 9.59 Å². The van der Waals surface area contributed by atoms with E-state index in [2.05, 4.69) is 20.6 Å². The summed E-state index contributed by atoms with van der Waals surface area (Å²) in [7, 11) is 1.58. The lowest BCUT2D eigenvalue weighted by Crippen LogP contribution is -2.42. The molecule has 3 aliphatic heterocycles. The molecule has 1 aromatic heterocycles. The topological polar surface area (TPSA) is 132 Å². The van der Waals surface area contributed by atoms with Crippen LogP contribution in [0.5, 0.6) is 17.2 Å². The number of benzene rings is 2. The third-order valence-corrected chi connectivity index (χ3v) is 7.05. The molecule has 2 N–H and O–H groups in total. The van der Waals surface area contributed by atoms with Crippen molar-refractivity contribution in [3.63, 3.8) is 0 Å². The van der Waals surface area contributed by atoms with Crippen molar-refractivity contribution in [3.05, 3.63) is 71.3 Å². The molecule has 6 bridgehead atoms. The average Bonchev–Trinajstić information content (AvgIpc) is 2.97. The fourth-order valence-corrected chi connectivity index (χ4v) is 4.95. The SMILES string of the molecule is COc1ccc2cc1OCCCCN(C(=O)c1cnc(C)cn1)CC(=O)NCCOc1ccc3c(c1)NC(=O)CC23. The number of hydrogen-bond donors (Lipinski definition) is 2. The van der Waals surface area contributed by atoms with Crippen molar-refractivity contribution < 1.29 is 28.6 Å². The number of anilines is 1. The molecule has 214 valence electrons. The highest BCUT2D eigenvalue weighted by atomic mass is 16.5. The van der Waals surface area contributed by atoms with E-state index >= 15 is 0 Å². The van der Waals surface area contributed by atoms with Crippen LogP contribution < -0.4 is 24.8 Å². The highest BCUT2D eigenvalue weighted by Gasteiger charge is 2.28. The number of nitrogens with one attached hydrogen (secondary N) is 2. The van der Waals surface area contributed by atoms with E-state index in [0.29, 0.717) is 61.0 Å². The van der Waals surface area contributed by atoms with Crippen LogP contribution >= 0.6 is 0 Å². The maximum atomic E-state index is 13.2. The minimum Gasteiger partial charge on any atom is -0.493 e. The molecule has 2 aromatic carbocycles. The zero-order valence-electron chi connectivity index (χ0n) is 23.1. The lowest BCUT2D eigenvalue weighted by atomic mass is 9.84. The summed E-state index contributed by atoms with van der Waals surface area (Å²) in [6.45, 7) is 2.85. The summed E-state index contributed by atoms with van der Waals surface area (Å²) in [5, 5.41) is 5.75. The van der Waals surface area contributed by atoms with Gasteiger partial charge in [-0.3, -0.25) is 19.4 Å². The standard InChI is InChI=1S/C30H33N5O6/c1-19-16-33-25(17-32-19)30(38)35-10-3-4-11-41-27-13-20(5-8-26(27)39-2)23-15-28(36)34-24-14-21(6-7-22(23)24)40-12-9-31-29(37)18-35/h5-8,13-14,16-17,23H,3-4,9-12,15,18H2,1-2H3,(H,31,37)(H,34,36). The number of aryl methyl sites for hydroxylation is 1. The summed E-state index contributed by atoms with van der Waals surface area (Å²) in [5.74, 6) is 0.826. The Labute approximate surface area is 238 Å². The number of nitrogens with zero attached hydrogens (tertiary/aromatic N) is 3. The fraction of sp³-hybridized carbons (Fsp3) is 0.367. The number of amides is 3. The molecule has 41 heavy (non-hydrogen) atoms. The van der Waals surface area contributed by atoms with E-state index in [1.165, 1.54) is 17.3 Å². The van der Waals surface area contributed by atoms with Gasteiger partial charge in [-0.25, -0.2) is 4.98 Å². The normalized spacial score (nSPS) is 17.9. The second-order valence-corrected chi connectivity index (χ2v) is 9.99. The lowest BCUT2D eigenvalue weighted by molar-refractivity contribution is -0.122. The number of fused-ring (bicyclic) bond motifs is 12. The number of hydrogen-bond acceptors (Lipinski definition) is 8. The van der Waals surface area contributed by atoms with Gasteiger partial charge in [-0.05, 0) is 49.1 Å². The van der Waals surface area contributed by atoms with Gasteiger partial charge >= 0.3 is 0 Å². The monoisotopic (exact) mass is 559 g/mol. The molecule has 3 aliphatic rings. The zero-order valence-corrected chi connectivity index (χ0v) is 23.1. The number of aromatic nitrogens is 2. The molecule has 0 saturated heterocycles. The Hall–Kier alpha value is -4.67. The number of carbonyl (C=O) groups is 3. The molecule has 0 fully saturated rings. The highest BCUT2D eigenvalue weighted by molar-refractivity contribution is 5.96. The van der Waals surface area contributed by atoms with Crippen LogP contribution in [0.15, 0.2) is 48.8 Å². The maximum absolute atomic E-state index is 13.2. The van der Waals surface area contributed by atoms with E-state index in [1.54, 1.807) is 20.1 Å². The number of ether oxygens (including phenoxy) is 3. The fourth-order valence-electron chi connectivity index (χ4n) is 4.95. The second-order valence-electron chi connectivity index (χ2n) is 9.99. The minimum absolute atomic E-state index is 0.0805. The molecule has 1 atom stereocenters. The molecule has 6 rings (SSSR count). The van der Waals surface area contributed by atoms with Crippen molar-refractivity contribution >= 4 is 23.4 Å². The Morgan fingerprint density at radius 2 is 1.90 bits per heavy atom. The molecule has 1 unspecified atom stereocenters. The predicted octanol–water partition coefficient (Wildman–Crippen LogP) is 3.08. The summed E-state index contributed by atoms with van der Waals surface area (Å²) >= 11 is 0. The lowest BCUT2D eigenvalue weighted by Gasteiger charge is -2.27. The van der Waals surface area contributed by atoms with Crippen LogP contribution in [0.4, 0.5) is 5.69 Å². The first-order valence-electron chi connectivity index (χ1n) is 13.6. The second kappa shape index (κ2) is 12.7. The Morgan fingerprint density at radius 1 is 1.02 bits per heavy atom. The summed E-state index contributed by atoms with van der Waals surface area (Å²) < 4.78 is 17.5. The minimum atomic E-state index is -0.364. The molecular formula is C30H33N5O6.